The third kappa shape index (κ3) is 4.77. The third-order valence-corrected chi connectivity index (χ3v) is 5.66. The van der Waals surface area contributed by atoms with E-state index in [9.17, 15) is 14.9 Å². The molecule has 3 aromatic rings. The first-order valence-corrected chi connectivity index (χ1v) is 10.1. The Morgan fingerprint density at radius 2 is 1.90 bits per heavy atom. The van der Waals surface area contributed by atoms with Crippen LogP contribution in [0.5, 0.6) is 11.5 Å². The minimum atomic E-state index is -0.517. The minimum absolute atomic E-state index is 0.109. The van der Waals surface area contributed by atoms with Crippen molar-refractivity contribution in [2.24, 2.45) is 0 Å². The summed E-state index contributed by atoms with van der Waals surface area (Å²) >= 11 is 1.30. The summed E-state index contributed by atoms with van der Waals surface area (Å²) in [6.45, 7) is 6.45. The molecule has 156 valence electrons. The van der Waals surface area contributed by atoms with Crippen molar-refractivity contribution in [1.29, 1.82) is 0 Å². The van der Waals surface area contributed by atoms with E-state index in [1.54, 1.807) is 6.07 Å². The molecule has 1 aromatic heterocycles. The van der Waals surface area contributed by atoms with Gasteiger partial charge in [-0.3, -0.25) is 14.9 Å². The van der Waals surface area contributed by atoms with Crippen molar-refractivity contribution in [3.63, 3.8) is 0 Å². The zero-order valence-corrected chi connectivity index (χ0v) is 18.0. The van der Waals surface area contributed by atoms with Gasteiger partial charge in [0.25, 0.3) is 11.6 Å². The number of rotatable bonds is 7. The molecule has 0 atom stereocenters. The largest absolute Gasteiger partial charge is 0.494 e. The smallest absolute Gasteiger partial charge is 0.273 e. The van der Waals surface area contributed by atoms with Gasteiger partial charge in [-0.2, -0.15) is 0 Å². The highest BCUT2D eigenvalue weighted by Crippen LogP contribution is 2.30. The predicted octanol–water partition coefficient (Wildman–Crippen LogP) is 5.42. The minimum Gasteiger partial charge on any atom is -0.494 e. The number of nitro groups is 1. The third-order valence-electron chi connectivity index (χ3n) is 4.68. The number of non-ortho nitro benzene ring substituents is 1. The molecule has 0 fully saturated rings. The number of carbonyl (C=O) groups excluding carboxylic acids is 1. The molecule has 0 aliphatic rings. The van der Waals surface area contributed by atoms with Gasteiger partial charge in [-0.15, -0.1) is 11.3 Å². The van der Waals surface area contributed by atoms with Gasteiger partial charge in [-0.25, -0.2) is 0 Å². The topological polar surface area (TPSA) is 90.7 Å². The number of ether oxygens (including phenoxy) is 2. The number of amides is 1. The predicted molar refractivity (Wildman–Crippen MR) is 117 cm³/mol. The van der Waals surface area contributed by atoms with Gasteiger partial charge < -0.3 is 14.8 Å². The van der Waals surface area contributed by atoms with Crippen LogP contribution in [-0.4, -0.2) is 17.9 Å². The molecule has 1 N–H and O–H groups in total. The highest BCUT2D eigenvalue weighted by atomic mass is 32.1. The van der Waals surface area contributed by atoms with Crippen LogP contribution in [0.1, 0.15) is 31.9 Å². The zero-order valence-electron chi connectivity index (χ0n) is 17.1. The number of aryl methyl sites for hydroxylation is 2. The molecule has 1 heterocycles. The highest BCUT2D eigenvalue weighted by molar-refractivity contribution is 7.12. The van der Waals surface area contributed by atoms with Crippen molar-refractivity contribution >= 4 is 28.6 Å². The normalized spacial score (nSPS) is 10.5. The van der Waals surface area contributed by atoms with Crippen molar-refractivity contribution in [2.45, 2.75) is 27.4 Å². The number of anilines is 1. The molecule has 0 radical (unpaired) electrons. The van der Waals surface area contributed by atoms with Crippen LogP contribution in [-0.2, 0) is 6.61 Å². The molecule has 0 aliphatic carbocycles. The van der Waals surface area contributed by atoms with Gasteiger partial charge in [-0.05, 0) is 61.0 Å². The Labute approximate surface area is 178 Å². The lowest BCUT2D eigenvalue weighted by Gasteiger charge is -2.11. The molecular formula is C22H22N2O5S. The van der Waals surface area contributed by atoms with E-state index >= 15 is 0 Å². The van der Waals surface area contributed by atoms with Gasteiger partial charge in [0.05, 0.1) is 28.7 Å². The van der Waals surface area contributed by atoms with Crippen LogP contribution >= 0.6 is 11.3 Å². The fraction of sp³-hybridized carbons (Fsp3) is 0.227. The van der Waals surface area contributed by atoms with Crippen LogP contribution in [0.4, 0.5) is 11.4 Å². The quantitative estimate of drug-likeness (QED) is 0.402. The van der Waals surface area contributed by atoms with Crippen molar-refractivity contribution in [2.75, 3.05) is 12.4 Å². The second-order valence-corrected chi connectivity index (χ2v) is 7.82. The fourth-order valence-electron chi connectivity index (χ4n) is 2.96. The fourth-order valence-corrected chi connectivity index (χ4v) is 3.75. The first-order valence-electron chi connectivity index (χ1n) is 9.20. The Morgan fingerprint density at radius 1 is 1.13 bits per heavy atom. The van der Waals surface area contributed by atoms with Crippen molar-refractivity contribution < 1.29 is 19.2 Å². The van der Waals surface area contributed by atoms with Crippen LogP contribution in [0.25, 0.3) is 0 Å². The molecule has 0 spiro atoms. The second-order valence-electron chi connectivity index (χ2n) is 6.91. The Morgan fingerprint density at radius 3 is 2.60 bits per heavy atom. The van der Waals surface area contributed by atoms with Crippen LogP contribution in [0.2, 0.25) is 0 Å². The molecule has 0 aliphatic heterocycles. The molecule has 0 bridgehead atoms. The molecule has 3 rings (SSSR count). The van der Waals surface area contributed by atoms with E-state index in [-0.39, 0.29) is 17.3 Å². The van der Waals surface area contributed by atoms with E-state index in [0.29, 0.717) is 17.2 Å². The average molecular weight is 426 g/mol. The Kier molecular flexibility index (Phi) is 6.37. The molecule has 0 saturated carbocycles. The Bertz CT molecular complexity index is 1110. The van der Waals surface area contributed by atoms with Crippen LogP contribution in [0.15, 0.2) is 41.8 Å². The van der Waals surface area contributed by atoms with Crippen molar-refractivity contribution in [1.82, 2.24) is 0 Å². The number of methoxy groups -OCH3 is 1. The summed E-state index contributed by atoms with van der Waals surface area (Å²) in [6.07, 6.45) is 0. The molecular weight excluding hydrogens is 404 g/mol. The summed E-state index contributed by atoms with van der Waals surface area (Å²) in [4.78, 5) is 23.5. The summed E-state index contributed by atoms with van der Waals surface area (Å²) in [6, 6.07) is 9.93. The van der Waals surface area contributed by atoms with Crippen molar-refractivity contribution in [3.05, 3.63) is 79.0 Å². The maximum absolute atomic E-state index is 12.6. The number of carbonyl (C=O) groups is 1. The lowest BCUT2D eigenvalue weighted by Crippen LogP contribution is -2.11. The maximum Gasteiger partial charge on any atom is 0.273 e. The Balaban J connectivity index is 1.69. The standard InChI is InChI=1S/C22H22N2O5S/c1-13-7-14(2)15(3)19(8-13)29-11-16-9-21(30-12-16)22(25)23-18-6-5-17(24(26)27)10-20(18)28-4/h5-10,12H,11H2,1-4H3,(H,23,25). The van der Waals surface area contributed by atoms with Crippen molar-refractivity contribution in [3.8, 4) is 11.5 Å². The summed E-state index contributed by atoms with van der Waals surface area (Å²) in [5.41, 5.74) is 4.55. The van der Waals surface area contributed by atoms with Gasteiger partial charge in [-0.1, -0.05) is 6.07 Å². The highest BCUT2D eigenvalue weighted by Gasteiger charge is 2.16. The number of benzene rings is 2. The van der Waals surface area contributed by atoms with Gasteiger partial charge in [0.15, 0.2) is 0 Å². The lowest BCUT2D eigenvalue weighted by atomic mass is 10.1. The summed E-state index contributed by atoms with van der Waals surface area (Å²) in [5.74, 6) is 0.740. The van der Waals surface area contributed by atoms with E-state index in [1.807, 2.05) is 25.3 Å². The van der Waals surface area contributed by atoms with Crippen LogP contribution in [0.3, 0.4) is 0 Å². The molecule has 2 aromatic carbocycles. The molecule has 0 unspecified atom stereocenters. The first kappa shape index (κ1) is 21.3. The average Bonchev–Trinajstić information content (AvgIpc) is 3.19. The lowest BCUT2D eigenvalue weighted by molar-refractivity contribution is -0.384. The molecule has 8 heteroatoms. The Hall–Kier alpha value is -3.39. The molecule has 1 amide bonds. The summed E-state index contributed by atoms with van der Waals surface area (Å²) in [7, 11) is 1.39. The number of hydrogen-bond acceptors (Lipinski definition) is 6. The van der Waals surface area contributed by atoms with Gasteiger partial charge in [0.2, 0.25) is 0 Å². The second kappa shape index (κ2) is 8.96. The summed E-state index contributed by atoms with van der Waals surface area (Å²) in [5, 5.41) is 15.5. The number of nitrogens with one attached hydrogen (secondary N) is 1. The SMILES string of the molecule is COc1cc([N+](=O)[O-])ccc1NC(=O)c1cc(COc2cc(C)cc(C)c2C)cs1. The first-order chi connectivity index (χ1) is 14.3. The molecule has 30 heavy (non-hydrogen) atoms. The van der Waals surface area contributed by atoms with E-state index in [4.69, 9.17) is 9.47 Å². The van der Waals surface area contributed by atoms with E-state index < -0.39 is 4.92 Å². The molecule has 0 saturated heterocycles. The van der Waals surface area contributed by atoms with E-state index in [1.165, 1.54) is 42.2 Å². The van der Waals surface area contributed by atoms with Gasteiger partial charge in [0, 0.05) is 11.6 Å². The maximum atomic E-state index is 12.6. The van der Waals surface area contributed by atoms with Crippen LogP contribution < -0.4 is 14.8 Å². The van der Waals surface area contributed by atoms with Gasteiger partial charge >= 0.3 is 0 Å². The van der Waals surface area contributed by atoms with Crippen LogP contribution in [0, 0.1) is 30.9 Å². The number of nitro benzene ring substituents is 1. The van der Waals surface area contributed by atoms with E-state index in [0.717, 1.165) is 22.4 Å². The number of hydrogen-bond donors (Lipinski definition) is 1. The monoisotopic (exact) mass is 426 g/mol. The zero-order chi connectivity index (χ0) is 21.8. The van der Waals surface area contributed by atoms with Gasteiger partial charge in [0.1, 0.15) is 18.1 Å². The molecule has 7 nitrogen and oxygen atoms in total. The summed E-state index contributed by atoms with van der Waals surface area (Å²) < 4.78 is 11.1. The number of thiophene rings is 1. The number of nitrogens with zero attached hydrogens (tertiary/aromatic N) is 1. The van der Waals surface area contributed by atoms with E-state index in [2.05, 4.69) is 18.3 Å².